The molecule has 1 atom stereocenters. The van der Waals surface area contributed by atoms with Gasteiger partial charge in [-0.2, -0.15) is 0 Å². The first-order valence-electron chi connectivity index (χ1n) is 6.89. The summed E-state index contributed by atoms with van der Waals surface area (Å²) in [5.41, 5.74) is 5.46. The van der Waals surface area contributed by atoms with Crippen LogP contribution in [0.25, 0.3) is 0 Å². The van der Waals surface area contributed by atoms with Crippen molar-refractivity contribution < 1.29 is 9.59 Å². The van der Waals surface area contributed by atoms with Gasteiger partial charge in [0.1, 0.15) is 0 Å². The zero-order valence-corrected chi connectivity index (χ0v) is 13.0. The summed E-state index contributed by atoms with van der Waals surface area (Å²) < 4.78 is 0. The van der Waals surface area contributed by atoms with E-state index in [0.29, 0.717) is 11.3 Å². The summed E-state index contributed by atoms with van der Waals surface area (Å²) in [6.07, 6.45) is 0. The molecule has 1 aromatic carbocycles. The van der Waals surface area contributed by atoms with Gasteiger partial charge < -0.3 is 0 Å². The normalized spacial score (nSPS) is 19.9. The van der Waals surface area contributed by atoms with Gasteiger partial charge in [-0.1, -0.05) is 11.6 Å². The van der Waals surface area contributed by atoms with Crippen molar-refractivity contribution in [2.45, 2.75) is 41.5 Å². The molecular weight excluding hydrogens is 250 g/mol. The number of carbonyl (C=O) groups is 2. The molecule has 1 heterocycles. The van der Waals surface area contributed by atoms with Crippen LogP contribution in [-0.2, 0) is 9.59 Å². The maximum atomic E-state index is 12.5. The van der Waals surface area contributed by atoms with Crippen LogP contribution >= 0.6 is 0 Å². The highest BCUT2D eigenvalue weighted by Crippen LogP contribution is 2.32. The van der Waals surface area contributed by atoms with E-state index in [1.165, 1.54) is 10.5 Å². The number of benzene rings is 1. The van der Waals surface area contributed by atoms with Crippen LogP contribution in [-0.4, -0.2) is 11.8 Å². The topological polar surface area (TPSA) is 37.4 Å². The average Bonchev–Trinajstić information content (AvgIpc) is 2.40. The Morgan fingerprint density at radius 2 is 1.45 bits per heavy atom. The highest BCUT2D eigenvalue weighted by atomic mass is 16.2. The molecule has 1 aromatic rings. The van der Waals surface area contributed by atoms with Crippen LogP contribution in [0.5, 0.6) is 0 Å². The third-order valence-electron chi connectivity index (χ3n) is 4.41. The number of carbonyl (C=O) groups excluding carboxylic acids is 2. The molecular formula is C17H21NO2. The van der Waals surface area contributed by atoms with Gasteiger partial charge in [-0.05, 0) is 64.3 Å². The molecule has 1 unspecified atom stereocenters. The number of amides is 2. The highest BCUT2D eigenvalue weighted by Gasteiger charge is 2.36. The number of hydrogen-bond acceptors (Lipinski definition) is 2. The van der Waals surface area contributed by atoms with Crippen molar-refractivity contribution >= 4 is 17.5 Å². The van der Waals surface area contributed by atoms with Crippen LogP contribution in [0.1, 0.15) is 37.5 Å². The highest BCUT2D eigenvalue weighted by molar-refractivity contribution is 6.24. The molecule has 20 heavy (non-hydrogen) atoms. The molecule has 2 amide bonds. The van der Waals surface area contributed by atoms with E-state index in [1.807, 2.05) is 46.8 Å². The van der Waals surface area contributed by atoms with E-state index in [1.54, 1.807) is 6.92 Å². The molecule has 0 saturated heterocycles. The van der Waals surface area contributed by atoms with Gasteiger partial charge in [-0.15, -0.1) is 0 Å². The van der Waals surface area contributed by atoms with Crippen LogP contribution in [0.3, 0.4) is 0 Å². The summed E-state index contributed by atoms with van der Waals surface area (Å²) >= 11 is 0. The SMILES string of the molecule is CC1=C(C)C(C)C(=O)N(c2cc(C)c(C)cc2C)C1=O. The maximum Gasteiger partial charge on any atom is 0.260 e. The van der Waals surface area contributed by atoms with E-state index in [4.69, 9.17) is 0 Å². The summed E-state index contributed by atoms with van der Waals surface area (Å²) in [7, 11) is 0. The quantitative estimate of drug-likeness (QED) is 0.734. The predicted octanol–water partition coefficient (Wildman–Crippen LogP) is 3.46. The molecule has 0 N–H and O–H groups in total. The smallest absolute Gasteiger partial charge is 0.260 e. The second-order valence-electron chi connectivity index (χ2n) is 5.73. The second kappa shape index (κ2) is 4.89. The van der Waals surface area contributed by atoms with Crippen LogP contribution in [0, 0.1) is 26.7 Å². The Bertz CT molecular complexity index is 641. The van der Waals surface area contributed by atoms with Gasteiger partial charge in [0.05, 0.1) is 11.6 Å². The minimum Gasteiger partial charge on any atom is -0.273 e. The van der Waals surface area contributed by atoms with Crippen molar-refractivity contribution in [3.05, 3.63) is 40.0 Å². The summed E-state index contributed by atoms with van der Waals surface area (Å²) in [5.74, 6) is -0.574. The molecule has 0 radical (unpaired) electrons. The fourth-order valence-corrected chi connectivity index (χ4v) is 2.55. The van der Waals surface area contributed by atoms with Crippen molar-refractivity contribution in [1.29, 1.82) is 0 Å². The van der Waals surface area contributed by atoms with E-state index >= 15 is 0 Å². The molecule has 0 spiro atoms. The van der Waals surface area contributed by atoms with E-state index in [0.717, 1.165) is 16.7 Å². The van der Waals surface area contributed by atoms with Crippen molar-refractivity contribution in [2.75, 3.05) is 4.90 Å². The Labute approximate surface area is 120 Å². The maximum absolute atomic E-state index is 12.5. The van der Waals surface area contributed by atoms with Gasteiger partial charge in [0.15, 0.2) is 0 Å². The fraction of sp³-hybridized carbons (Fsp3) is 0.412. The zero-order valence-electron chi connectivity index (χ0n) is 13.0. The van der Waals surface area contributed by atoms with Gasteiger partial charge in [0.25, 0.3) is 5.91 Å². The largest absolute Gasteiger partial charge is 0.273 e. The average molecular weight is 271 g/mol. The number of aryl methyl sites for hydroxylation is 3. The van der Waals surface area contributed by atoms with Crippen LogP contribution in [0.2, 0.25) is 0 Å². The predicted molar refractivity (Wildman–Crippen MR) is 80.7 cm³/mol. The molecule has 0 bridgehead atoms. The first-order chi connectivity index (χ1) is 9.25. The van der Waals surface area contributed by atoms with E-state index < -0.39 is 0 Å². The molecule has 0 aromatic heterocycles. The monoisotopic (exact) mass is 271 g/mol. The summed E-state index contributed by atoms with van der Waals surface area (Å²) in [6.45, 7) is 11.5. The Hall–Kier alpha value is -1.90. The Morgan fingerprint density at radius 3 is 2.05 bits per heavy atom. The molecule has 1 aliphatic heterocycles. The number of nitrogens with zero attached hydrogens (tertiary/aromatic N) is 1. The van der Waals surface area contributed by atoms with E-state index in [9.17, 15) is 9.59 Å². The first-order valence-corrected chi connectivity index (χ1v) is 6.89. The second-order valence-corrected chi connectivity index (χ2v) is 5.73. The lowest BCUT2D eigenvalue weighted by Gasteiger charge is -2.32. The van der Waals surface area contributed by atoms with Crippen molar-refractivity contribution in [2.24, 2.45) is 5.92 Å². The minimum absolute atomic E-state index is 0.135. The fourth-order valence-electron chi connectivity index (χ4n) is 2.55. The van der Waals surface area contributed by atoms with Gasteiger partial charge in [-0.25, -0.2) is 4.90 Å². The lowest BCUT2D eigenvalue weighted by Crippen LogP contribution is -2.45. The number of rotatable bonds is 1. The van der Waals surface area contributed by atoms with Crippen molar-refractivity contribution in [3.63, 3.8) is 0 Å². The van der Waals surface area contributed by atoms with E-state index in [2.05, 4.69) is 0 Å². The molecule has 3 heteroatoms. The van der Waals surface area contributed by atoms with Crippen molar-refractivity contribution in [1.82, 2.24) is 0 Å². The lowest BCUT2D eigenvalue weighted by molar-refractivity contribution is -0.127. The molecule has 0 saturated carbocycles. The van der Waals surface area contributed by atoms with E-state index in [-0.39, 0.29) is 17.7 Å². The summed E-state index contributed by atoms with van der Waals surface area (Å²) in [4.78, 5) is 26.3. The zero-order chi connectivity index (χ0) is 15.2. The third kappa shape index (κ3) is 2.07. The van der Waals surface area contributed by atoms with Crippen LogP contribution < -0.4 is 4.90 Å². The first kappa shape index (κ1) is 14.5. The molecule has 1 aliphatic rings. The Morgan fingerprint density at radius 1 is 0.900 bits per heavy atom. The van der Waals surface area contributed by atoms with Gasteiger partial charge in [-0.3, -0.25) is 9.59 Å². The van der Waals surface area contributed by atoms with Gasteiger partial charge in [0, 0.05) is 5.57 Å². The standard InChI is InChI=1S/C17H21NO2/c1-9-7-11(3)15(8-10(9)2)18-16(19)13(5)12(4)14(6)17(18)20/h7-8,13H,1-6H3. The number of anilines is 1. The molecule has 106 valence electrons. The molecule has 0 fully saturated rings. The summed E-state index contributed by atoms with van der Waals surface area (Å²) in [5, 5.41) is 0. The number of imide groups is 1. The lowest BCUT2D eigenvalue weighted by atomic mass is 9.90. The number of hydrogen-bond donors (Lipinski definition) is 0. The van der Waals surface area contributed by atoms with Gasteiger partial charge >= 0.3 is 0 Å². The Kier molecular flexibility index (Phi) is 3.55. The Balaban J connectivity index is 2.61. The minimum atomic E-state index is -0.242. The van der Waals surface area contributed by atoms with Crippen LogP contribution in [0.15, 0.2) is 23.3 Å². The molecule has 0 aliphatic carbocycles. The van der Waals surface area contributed by atoms with Gasteiger partial charge in [0.2, 0.25) is 5.91 Å². The molecule has 3 nitrogen and oxygen atoms in total. The van der Waals surface area contributed by atoms with Crippen molar-refractivity contribution in [3.8, 4) is 0 Å². The molecule has 2 rings (SSSR count). The third-order valence-corrected chi connectivity index (χ3v) is 4.41. The van der Waals surface area contributed by atoms with Crippen LogP contribution in [0.4, 0.5) is 5.69 Å². The summed E-state index contributed by atoms with van der Waals surface area (Å²) in [6, 6.07) is 3.96.